The van der Waals surface area contributed by atoms with Gasteiger partial charge in [-0.2, -0.15) is 0 Å². The third kappa shape index (κ3) is 4.42. The third-order valence-electron chi connectivity index (χ3n) is 7.50. The van der Waals surface area contributed by atoms with Crippen LogP contribution in [0.25, 0.3) is 0 Å². The van der Waals surface area contributed by atoms with Crippen LogP contribution in [0.2, 0.25) is 0 Å². The Balaban J connectivity index is 1.27. The van der Waals surface area contributed by atoms with Gasteiger partial charge in [-0.1, -0.05) is 13.8 Å². The molecule has 3 fully saturated rings. The maximum atomic E-state index is 13.0. The first-order valence-corrected chi connectivity index (χ1v) is 12.0. The van der Waals surface area contributed by atoms with Crippen molar-refractivity contribution in [2.45, 2.75) is 65.2 Å². The van der Waals surface area contributed by atoms with Crippen molar-refractivity contribution in [3.8, 4) is 0 Å². The van der Waals surface area contributed by atoms with Crippen LogP contribution < -0.4 is 21.1 Å². The van der Waals surface area contributed by atoms with Crippen molar-refractivity contribution < 1.29 is 4.79 Å². The Kier molecular flexibility index (Phi) is 6.49. The Morgan fingerprint density at radius 1 is 0.933 bits per heavy atom. The number of hydrogen-bond acceptors (Lipinski definition) is 5. The van der Waals surface area contributed by atoms with E-state index in [9.17, 15) is 14.4 Å². The van der Waals surface area contributed by atoms with E-state index in [0.29, 0.717) is 35.0 Å². The van der Waals surface area contributed by atoms with E-state index in [1.54, 1.807) is 0 Å². The molecule has 30 heavy (non-hydrogen) atoms. The normalized spacial score (nSPS) is 30.5. The van der Waals surface area contributed by atoms with Gasteiger partial charge in [0, 0.05) is 38.6 Å². The SMILES string of the molecule is C[C@@H]1C[C@@H](C)CN(C(=O)C2CCC(CNc3c(N4CCCCC4)c(=O)c3=O)CC2)C1. The number of amides is 1. The number of anilines is 2. The molecule has 0 aromatic heterocycles. The fourth-order valence-corrected chi connectivity index (χ4v) is 5.92. The van der Waals surface area contributed by atoms with Crippen LogP contribution >= 0.6 is 0 Å². The van der Waals surface area contributed by atoms with Gasteiger partial charge in [0.15, 0.2) is 0 Å². The molecule has 2 heterocycles. The molecule has 0 spiro atoms. The molecule has 6 heteroatoms. The van der Waals surface area contributed by atoms with Gasteiger partial charge >= 0.3 is 0 Å². The molecule has 1 amide bonds. The maximum absolute atomic E-state index is 13.0. The van der Waals surface area contributed by atoms with Gasteiger partial charge in [0.25, 0.3) is 10.9 Å². The number of rotatable bonds is 5. The van der Waals surface area contributed by atoms with Gasteiger partial charge in [-0.25, -0.2) is 0 Å². The first kappa shape index (κ1) is 21.4. The molecule has 0 unspecified atom stereocenters. The maximum Gasteiger partial charge on any atom is 0.253 e. The summed E-state index contributed by atoms with van der Waals surface area (Å²) in [6.07, 6.45) is 8.50. The average molecular weight is 416 g/mol. The largest absolute Gasteiger partial charge is 0.380 e. The molecular formula is C24H37N3O3. The minimum absolute atomic E-state index is 0.161. The Labute approximate surface area is 179 Å². The smallest absolute Gasteiger partial charge is 0.253 e. The van der Waals surface area contributed by atoms with Crippen LogP contribution in [0.4, 0.5) is 11.4 Å². The van der Waals surface area contributed by atoms with Gasteiger partial charge in [-0.05, 0) is 69.1 Å². The van der Waals surface area contributed by atoms with Gasteiger partial charge < -0.3 is 15.1 Å². The highest BCUT2D eigenvalue weighted by Gasteiger charge is 2.33. The summed E-state index contributed by atoms with van der Waals surface area (Å²) in [4.78, 5) is 41.4. The van der Waals surface area contributed by atoms with Crippen molar-refractivity contribution in [2.24, 2.45) is 23.7 Å². The monoisotopic (exact) mass is 415 g/mol. The Hall–Kier alpha value is -1.85. The van der Waals surface area contributed by atoms with Crippen LogP contribution in [0.5, 0.6) is 0 Å². The minimum Gasteiger partial charge on any atom is -0.380 e. The second kappa shape index (κ2) is 9.11. The van der Waals surface area contributed by atoms with Crippen molar-refractivity contribution >= 4 is 17.3 Å². The molecule has 1 aromatic rings. The summed E-state index contributed by atoms with van der Waals surface area (Å²) in [6, 6.07) is 0. The van der Waals surface area contributed by atoms with Gasteiger partial charge in [0.1, 0.15) is 11.4 Å². The minimum atomic E-state index is -0.354. The molecular weight excluding hydrogens is 378 g/mol. The van der Waals surface area contributed by atoms with E-state index in [1.807, 2.05) is 0 Å². The van der Waals surface area contributed by atoms with E-state index in [2.05, 4.69) is 29.0 Å². The van der Waals surface area contributed by atoms with Gasteiger partial charge in [-0.3, -0.25) is 14.4 Å². The number of nitrogens with one attached hydrogen (secondary N) is 1. The third-order valence-corrected chi connectivity index (χ3v) is 7.50. The van der Waals surface area contributed by atoms with Crippen LogP contribution in [-0.2, 0) is 4.79 Å². The zero-order valence-electron chi connectivity index (χ0n) is 18.6. The lowest BCUT2D eigenvalue weighted by Gasteiger charge is -2.38. The molecule has 166 valence electrons. The highest BCUT2D eigenvalue weighted by Crippen LogP contribution is 2.33. The Bertz CT molecular complexity index is 804. The lowest BCUT2D eigenvalue weighted by Crippen LogP contribution is -2.46. The molecule has 3 aliphatic rings. The second-order valence-corrected chi connectivity index (χ2v) is 10.2. The van der Waals surface area contributed by atoms with E-state index in [1.165, 1.54) is 12.8 Å². The number of carbonyl (C=O) groups excluding carboxylic acids is 1. The predicted octanol–water partition coefficient (Wildman–Crippen LogP) is 3.00. The second-order valence-electron chi connectivity index (χ2n) is 10.2. The molecule has 2 atom stereocenters. The number of carbonyl (C=O) groups is 1. The highest BCUT2D eigenvalue weighted by molar-refractivity contribution is 5.79. The molecule has 6 nitrogen and oxygen atoms in total. The number of nitrogens with zero attached hydrogens (tertiary/aromatic N) is 2. The van der Waals surface area contributed by atoms with Gasteiger partial charge in [0.2, 0.25) is 5.91 Å². The molecule has 1 N–H and O–H groups in total. The zero-order chi connectivity index (χ0) is 21.3. The van der Waals surface area contributed by atoms with Crippen molar-refractivity contribution in [1.29, 1.82) is 0 Å². The molecule has 1 aromatic carbocycles. The molecule has 2 aliphatic heterocycles. The summed E-state index contributed by atoms with van der Waals surface area (Å²) in [7, 11) is 0. The topological polar surface area (TPSA) is 69.7 Å². The first-order valence-electron chi connectivity index (χ1n) is 12.0. The van der Waals surface area contributed by atoms with Crippen LogP contribution in [0, 0.1) is 23.7 Å². The number of hydrogen-bond donors (Lipinski definition) is 1. The Morgan fingerprint density at radius 3 is 2.20 bits per heavy atom. The summed E-state index contributed by atoms with van der Waals surface area (Å²) in [5, 5.41) is 3.31. The molecule has 0 radical (unpaired) electrons. The van der Waals surface area contributed by atoms with Gasteiger partial charge in [-0.15, -0.1) is 0 Å². The quantitative estimate of drug-likeness (QED) is 0.749. The summed E-state index contributed by atoms with van der Waals surface area (Å²) < 4.78 is 0. The molecule has 1 aliphatic carbocycles. The van der Waals surface area contributed by atoms with E-state index in [4.69, 9.17) is 0 Å². The molecule has 4 rings (SSSR count). The van der Waals surface area contributed by atoms with Crippen molar-refractivity contribution in [1.82, 2.24) is 4.90 Å². The summed E-state index contributed by atoms with van der Waals surface area (Å²) in [6.45, 7) is 8.80. The summed E-state index contributed by atoms with van der Waals surface area (Å²) in [5.74, 6) is 2.18. The molecule has 1 saturated carbocycles. The summed E-state index contributed by atoms with van der Waals surface area (Å²) in [5.41, 5.74) is 0.486. The van der Waals surface area contributed by atoms with Crippen molar-refractivity contribution in [3.63, 3.8) is 0 Å². The fourth-order valence-electron chi connectivity index (χ4n) is 5.92. The zero-order valence-corrected chi connectivity index (χ0v) is 18.6. The highest BCUT2D eigenvalue weighted by atomic mass is 16.2. The van der Waals surface area contributed by atoms with Gasteiger partial charge in [0.05, 0.1) is 0 Å². The molecule has 0 bridgehead atoms. The fraction of sp³-hybridized carbons (Fsp3) is 0.792. The standard InChI is InChI=1S/C24H37N3O3/c1-16-12-17(2)15-27(14-16)24(30)19-8-6-18(7-9-19)13-25-20-21(23(29)22(20)28)26-10-4-3-5-11-26/h16-19,25H,3-15H2,1-2H3/t16-,17-,18?,19?/m1/s1. The van der Waals surface area contributed by atoms with Crippen LogP contribution in [-0.4, -0.2) is 43.5 Å². The summed E-state index contributed by atoms with van der Waals surface area (Å²) >= 11 is 0. The van der Waals surface area contributed by atoms with E-state index < -0.39 is 0 Å². The van der Waals surface area contributed by atoms with Crippen molar-refractivity contribution in [2.75, 3.05) is 42.9 Å². The van der Waals surface area contributed by atoms with E-state index in [0.717, 1.165) is 71.2 Å². The van der Waals surface area contributed by atoms with Crippen molar-refractivity contribution in [3.05, 3.63) is 20.4 Å². The molecule has 2 saturated heterocycles. The van der Waals surface area contributed by atoms with Crippen LogP contribution in [0.1, 0.15) is 65.2 Å². The van der Waals surface area contributed by atoms with Crippen LogP contribution in [0.3, 0.4) is 0 Å². The van der Waals surface area contributed by atoms with E-state index in [-0.39, 0.29) is 16.8 Å². The van der Waals surface area contributed by atoms with Crippen LogP contribution in [0.15, 0.2) is 9.59 Å². The lowest BCUT2D eigenvalue weighted by molar-refractivity contribution is -0.139. The number of piperidine rings is 2. The first-order chi connectivity index (χ1) is 14.4. The lowest BCUT2D eigenvalue weighted by atomic mass is 9.80. The average Bonchev–Trinajstić information content (AvgIpc) is 2.75. The predicted molar refractivity (Wildman–Crippen MR) is 121 cm³/mol. The van der Waals surface area contributed by atoms with E-state index >= 15 is 0 Å². The Morgan fingerprint density at radius 2 is 1.57 bits per heavy atom. The number of likely N-dealkylation sites (tertiary alicyclic amines) is 1.